The predicted molar refractivity (Wildman–Crippen MR) is 128 cm³/mol. The molecule has 3 N–H and O–H groups in total. The van der Waals surface area contributed by atoms with Crippen molar-refractivity contribution in [2.75, 3.05) is 18.2 Å². The van der Waals surface area contributed by atoms with Crippen molar-refractivity contribution in [2.24, 2.45) is 5.14 Å². The highest BCUT2D eigenvalue weighted by atomic mass is 32.2. The molecule has 9 nitrogen and oxygen atoms in total. The molecule has 2 heterocycles. The zero-order valence-corrected chi connectivity index (χ0v) is 19.8. The molecule has 0 radical (unpaired) electrons. The number of ether oxygens (including phenoxy) is 1. The van der Waals surface area contributed by atoms with Crippen molar-refractivity contribution >= 4 is 44.7 Å². The first-order valence-corrected chi connectivity index (χ1v) is 13.0. The van der Waals surface area contributed by atoms with Gasteiger partial charge in [0.15, 0.2) is 11.0 Å². The van der Waals surface area contributed by atoms with Gasteiger partial charge in [-0.25, -0.2) is 13.6 Å². The van der Waals surface area contributed by atoms with Gasteiger partial charge in [-0.2, -0.15) is 0 Å². The highest BCUT2D eigenvalue weighted by Gasteiger charge is 2.18. The number of aromatic nitrogens is 3. The number of hydrogen-bond donors (Lipinski definition) is 2. The van der Waals surface area contributed by atoms with Crippen LogP contribution in [-0.2, 0) is 14.8 Å². The maximum Gasteiger partial charge on any atom is 0.238 e. The Bertz CT molecular complexity index is 1350. The smallest absolute Gasteiger partial charge is 0.238 e. The molecular weight excluding hydrogens is 482 g/mol. The largest absolute Gasteiger partial charge is 0.497 e. The predicted octanol–water partition coefficient (Wildman–Crippen LogP) is 3.38. The molecule has 0 saturated heterocycles. The number of sulfonamides is 1. The summed E-state index contributed by atoms with van der Waals surface area (Å²) in [7, 11) is -2.18. The van der Waals surface area contributed by atoms with Crippen LogP contribution < -0.4 is 15.2 Å². The Morgan fingerprint density at radius 1 is 1.12 bits per heavy atom. The Morgan fingerprint density at radius 3 is 2.45 bits per heavy atom. The van der Waals surface area contributed by atoms with Crippen molar-refractivity contribution in [1.29, 1.82) is 0 Å². The zero-order valence-electron chi connectivity index (χ0n) is 17.3. The number of carbonyl (C=O) groups is 1. The van der Waals surface area contributed by atoms with E-state index in [9.17, 15) is 13.2 Å². The van der Waals surface area contributed by atoms with Gasteiger partial charge in [-0.1, -0.05) is 17.8 Å². The molecule has 0 aliphatic rings. The van der Waals surface area contributed by atoms with E-state index < -0.39 is 10.0 Å². The van der Waals surface area contributed by atoms with Gasteiger partial charge in [-0.15, -0.1) is 21.5 Å². The number of thioether (sulfide) groups is 1. The van der Waals surface area contributed by atoms with Crippen LogP contribution in [0.1, 0.15) is 0 Å². The fourth-order valence-corrected chi connectivity index (χ4v) is 4.91. The van der Waals surface area contributed by atoms with Gasteiger partial charge >= 0.3 is 0 Å². The van der Waals surface area contributed by atoms with Crippen molar-refractivity contribution in [3.05, 3.63) is 66.0 Å². The van der Waals surface area contributed by atoms with E-state index >= 15 is 0 Å². The number of primary sulfonamides is 1. The van der Waals surface area contributed by atoms with E-state index in [-0.39, 0.29) is 16.6 Å². The molecule has 33 heavy (non-hydrogen) atoms. The number of hydrogen-bond acceptors (Lipinski definition) is 8. The minimum atomic E-state index is -3.79. The minimum Gasteiger partial charge on any atom is -0.497 e. The maximum absolute atomic E-state index is 12.5. The molecule has 0 fully saturated rings. The first-order chi connectivity index (χ1) is 15.8. The average molecular weight is 502 g/mol. The summed E-state index contributed by atoms with van der Waals surface area (Å²) in [5, 5.41) is 19.0. The maximum atomic E-state index is 12.5. The monoisotopic (exact) mass is 501 g/mol. The molecular formula is C21H19N5O4S3. The van der Waals surface area contributed by atoms with Gasteiger partial charge in [0.25, 0.3) is 0 Å². The second kappa shape index (κ2) is 9.75. The fourth-order valence-electron chi connectivity index (χ4n) is 2.95. The van der Waals surface area contributed by atoms with Crippen LogP contribution >= 0.6 is 23.1 Å². The molecule has 0 atom stereocenters. The Morgan fingerprint density at radius 2 is 1.85 bits per heavy atom. The number of nitrogens with two attached hydrogens (primary N) is 1. The summed E-state index contributed by atoms with van der Waals surface area (Å²) < 4.78 is 29.9. The first-order valence-electron chi connectivity index (χ1n) is 9.54. The zero-order chi connectivity index (χ0) is 23.4. The molecule has 2 aromatic heterocycles. The van der Waals surface area contributed by atoms with E-state index in [1.165, 1.54) is 36.0 Å². The van der Waals surface area contributed by atoms with Crippen LogP contribution in [0.25, 0.3) is 16.4 Å². The molecule has 4 aromatic rings. The number of nitrogens with zero attached hydrogens (tertiary/aromatic N) is 3. The standard InChI is InChI=1S/C21H19N5O4S3/c1-30-16-8-6-15(7-9-16)26-20(18-3-2-12-31-18)24-25-21(26)32-13-19(27)23-14-4-10-17(11-5-14)33(22,28)29/h2-12H,13H2,1H3,(H,23,27)(H2,22,28,29). The van der Waals surface area contributed by atoms with Gasteiger partial charge < -0.3 is 10.1 Å². The molecule has 0 aliphatic carbocycles. The van der Waals surface area contributed by atoms with E-state index in [1.54, 1.807) is 18.4 Å². The molecule has 0 spiro atoms. The first kappa shape index (κ1) is 23.0. The van der Waals surface area contributed by atoms with Crippen molar-refractivity contribution in [3.63, 3.8) is 0 Å². The molecule has 4 rings (SSSR count). The highest BCUT2D eigenvalue weighted by molar-refractivity contribution is 7.99. The number of methoxy groups -OCH3 is 1. The minimum absolute atomic E-state index is 0.0245. The summed E-state index contributed by atoms with van der Waals surface area (Å²) in [6.07, 6.45) is 0. The Hall–Kier alpha value is -3.19. The van der Waals surface area contributed by atoms with Crippen LogP contribution in [0.4, 0.5) is 5.69 Å². The van der Waals surface area contributed by atoms with E-state index in [1.807, 2.05) is 46.3 Å². The number of thiophene rings is 1. The van der Waals surface area contributed by atoms with Crippen molar-refractivity contribution in [3.8, 4) is 22.1 Å². The highest BCUT2D eigenvalue weighted by Crippen LogP contribution is 2.31. The fraction of sp³-hybridized carbons (Fsp3) is 0.0952. The second-order valence-electron chi connectivity index (χ2n) is 6.72. The molecule has 12 heteroatoms. The quantitative estimate of drug-likeness (QED) is 0.354. The van der Waals surface area contributed by atoms with Crippen LogP contribution in [0.15, 0.2) is 76.1 Å². The summed E-state index contributed by atoms with van der Waals surface area (Å²) >= 11 is 2.79. The number of rotatable bonds is 8. The van der Waals surface area contributed by atoms with Gasteiger partial charge in [0.1, 0.15) is 5.75 Å². The lowest BCUT2D eigenvalue weighted by molar-refractivity contribution is -0.113. The molecule has 1 amide bonds. The number of carbonyl (C=O) groups excluding carboxylic acids is 1. The van der Waals surface area contributed by atoms with Gasteiger partial charge in [0.2, 0.25) is 15.9 Å². The summed E-state index contributed by atoms with van der Waals surface area (Å²) in [5.41, 5.74) is 1.30. The van der Waals surface area contributed by atoms with Crippen LogP contribution in [0, 0.1) is 0 Å². The average Bonchev–Trinajstić information content (AvgIpc) is 3.47. The normalized spacial score (nSPS) is 11.3. The second-order valence-corrected chi connectivity index (χ2v) is 10.2. The Labute approximate surface area is 198 Å². The molecule has 0 aliphatic heterocycles. The van der Waals surface area contributed by atoms with Crippen molar-refractivity contribution < 1.29 is 17.9 Å². The third kappa shape index (κ3) is 5.42. The number of benzene rings is 2. The van der Waals surface area contributed by atoms with Crippen LogP contribution in [0.2, 0.25) is 0 Å². The van der Waals surface area contributed by atoms with Crippen LogP contribution in [0.3, 0.4) is 0 Å². The van der Waals surface area contributed by atoms with E-state index in [2.05, 4.69) is 15.5 Å². The van der Waals surface area contributed by atoms with Crippen LogP contribution in [0.5, 0.6) is 5.75 Å². The third-order valence-electron chi connectivity index (χ3n) is 4.50. The van der Waals surface area contributed by atoms with Gasteiger partial charge in [0, 0.05) is 5.69 Å². The molecule has 0 saturated carbocycles. The lowest BCUT2D eigenvalue weighted by Crippen LogP contribution is -2.15. The van der Waals surface area contributed by atoms with Gasteiger partial charge in [-0.05, 0) is 60.0 Å². The van der Waals surface area contributed by atoms with Crippen molar-refractivity contribution in [2.45, 2.75) is 10.1 Å². The van der Waals surface area contributed by atoms with Gasteiger partial charge in [-0.3, -0.25) is 9.36 Å². The van der Waals surface area contributed by atoms with Gasteiger partial charge in [0.05, 0.1) is 28.3 Å². The lowest BCUT2D eigenvalue weighted by atomic mass is 10.3. The number of anilines is 1. The Kier molecular flexibility index (Phi) is 6.79. The SMILES string of the molecule is COc1ccc(-n2c(SCC(=O)Nc3ccc(S(N)(=O)=O)cc3)nnc2-c2cccs2)cc1. The third-order valence-corrected chi connectivity index (χ3v) is 7.23. The topological polar surface area (TPSA) is 129 Å². The molecule has 0 bridgehead atoms. The number of amides is 1. The molecule has 2 aromatic carbocycles. The van der Waals surface area contributed by atoms with E-state index in [0.717, 1.165) is 16.3 Å². The summed E-state index contributed by atoms with van der Waals surface area (Å²) in [6.45, 7) is 0. The molecule has 0 unspecified atom stereocenters. The molecule has 170 valence electrons. The summed E-state index contributed by atoms with van der Waals surface area (Å²) in [4.78, 5) is 13.4. The van der Waals surface area contributed by atoms with E-state index in [4.69, 9.17) is 9.88 Å². The van der Waals surface area contributed by atoms with Crippen molar-refractivity contribution in [1.82, 2.24) is 14.8 Å². The van der Waals surface area contributed by atoms with E-state index in [0.29, 0.717) is 16.7 Å². The summed E-state index contributed by atoms with van der Waals surface area (Å²) in [6, 6.07) is 17.0. The summed E-state index contributed by atoms with van der Waals surface area (Å²) in [5.74, 6) is 1.21. The lowest BCUT2D eigenvalue weighted by Gasteiger charge is -2.10. The van der Waals surface area contributed by atoms with Crippen LogP contribution in [-0.4, -0.2) is 42.0 Å². The Balaban J connectivity index is 1.52. The number of nitrogens with one attached hydrogen (secondary N) is 1.